The van der Waals surface area contributed by atoms with Crippen LogP contribution in [0.2, 0.25) is 10.0 Å². The molecule has 1 atom stereocenters. The number of amides is 1. The van der Waals surface area contributed by atoms with E-state index in [1.165, 1.54) is 32.2 Å². The molecule has 17 heavy (non-hydrogen) atoms. The summed E-state index contributed by atoms with van der Waals surface area (Å²) in [7, 11) is 1.41. The number of carbonyl (C=O) groups is 2. The molecule has 0 saturated carbocycles. The zero-order valence-corrected chi connectivity index (χ0v) is 10.8. The molecule has 1 aromatic rings. The monoisotopic (exact) mass is 275 g/mol. The molecule has 1 amide bonds. The zero-order chi connectivity index (χ0) is 13.2. The molecule has 0 aliphatic rings. The van der Waals surface area contributed by atoms with Crippen LogP contribution in [0, 0.1) is 0 Å². The molecule has 0 heterocycles. The maximum atomic E-state index is 11.9. The molecule has 0 saturated heterocycles. The van der Waals surface area contributed by atoms with Gasteiger partial charge >= 0.3 is 5.97 Å². The summed E-state index contributed by atoms with van der Waals surface area (Å²) in [6.07, 6.45) is 0. The average Bonchev–Trinajstić information content (AvgIpc) is 2.24. The fourth-order valence-corrected chi connectivity index (χ4v) is 1.75. The van der Waals surface area contributed by atoms with Crippen LogP contribution in [-0.4, -0.2) is 35.0 Å². The third-order valence-corrected chi connectivity index (χ3v) is 2.80. The van der Waals surface area contributed by atoms with E-state index in [0.29, 0.717) is 10.0 Å². The van der Waals surface area contributed by atoms with Crippen molar-refractivity contribution in [2.45, 2.75) is 13.0 Å². The van der Waals surface area contributed by atoms with Gasteiger partial charge < -0.3 is 10.0 Å². The Morgan fingerprint density at radius 1 is 1.24 bits per heavy atom. The number of benzene rings is 1. The molecule has 0 aliphatic carbocycles. The Labute approximate surface area is 109 Å². The Balaban J connectivity index is 3.00. The van der Waals surface area contributed by atoms with E-state index in [1.54, 1.807) is 0 Å². The Bertz CT molecular complexity index is 442. The Morgan fingerprint density at radius 2 is 1.71 bits per heavy atom. The van der Waals surface area contributed by atoms with Crippen LogP contribution in [0.3, 0.4) is 0 Å². The summed E-state index contributed by atoms with van der Waals surface area (Å²) in [6, 6.07) is 3.47. The normalized spacial score (nSPS) is 12.0. The van der Waals surface area contributed by atoms with E-state index in [2.05, 4.69) is 0 Å². The summed E-state index contributed by atoms with van der Waals surface area (Å²) in [5.74, 6) is -1.52. The highest BCUT2D eigenvalue weighted by molar-refractivity contribution is 6.35. The lowest BCUT2D eigenvalue weighted by Crippen LogP contribution is -2.40. The molecule has 0 aliphatic heterocycles. The fourth-order valence-electron chi connectivity index (χ4n) is 1.22. The molecule has 1 N–H and O–H groups in total. The van der Waals surface area contributed by atoms with E-state index in [-0.39, 0.29) is 5.56 Å². The summed E-state index contributed by atoms with van der Waals surface area (Å²) in [5, 5.41) is 9.47. The molecule has 0 spiro atoms. The minimum atomic E-state index is -1.08. The van der Waals surface area contributed by atoms with Gasteiger partial charge in [-0.15, -0.1) is 0 Å². The second-order valence-corrected chi connectivity index (χ2v) is 4.46. The summed E-state index contributed by atoms with van der Waals surface area (Å²) < 4.78 is 0. The van der Waals surface area contributed by atoms with Gasteiger partial charge in [0, 0.05) is 22.7 Å². The van der Waals surface area contributed by atoms with Crippen LogP contribution in [0.25, 0.3) is 0 Å². The van der Waals surface area contributed by atoms with Gasteiger partial charge in [-0.3, -0.25) is 4.79 Å². The van der Waals surface area contributed by atoms with Gasteiger partial charge in [0.05, 0.1) is 0 Å². The number of aliphatic carboxylic acids is 1. The molecule has 1 unspecified atom stereocenters. The number of carbonyl (C=O) groups excluding carboxylic acids is 1. The van der Waals surface area contributed by atoms with Crippen molar-refractivity contribution >= 4 is 35.1 Å². The van der Waals surface area contributed by atoms with Crippen molar-refractivity contribution in [1.29, 1.82) is 0 Å². The lowest BCUT2D eigenvalue weighted by atomic mass is 10.2. The molecule has 0 radical (unpaired) electrons. The van der Waals surface area contributed by atoms with Gasteiger partial charge in [0.2, 0.25) is 0 Å². The molecule has 0 fully saturated rings. The Hall–Kier alpha value is -1.26. The molecular formula is C11H11Cl2NO3. The zero-order valence-electron chi connectivity index (χ0n) is 9.28. The van der Waals surface area contributed by atoms with E-state index in [1.807, 2.05) is 0 Å². The first kappa shape index (κ1) is 13.8. The fraction of sp³-hybridized carbons (Fsp3) is 0.273. The lowest BCUT2D eigenvalue weighted by molar-refractivity contribution is -0.141. The largest absolute Gasteiger partial charge is 0.480 e. The second kappa shape index (κ2) is 5.38. The molecule has 1 rings (SSSR count). The minimum absolute atomic E-state index is 0.262. The van der Waals surface area contributed by atoms with Crippen LogP contribution in [-0.2, 0) is 4.79 Å². The van der Waals surface area contributed by atoms with Crippen LogP contribution in [0.1, 0.15) is 17.3 Å². The Kier molecular flexibility index (Phi) is 4.37. The number of carboxylic acid groups (broad SMARTS) is 1. The lowest BCUT2D eigenvalue weighted by Gasteiger charge is -2.21. The van der Waals surface area contributed by atoms with Gasteiger partial charge in [0.15, 0.2) is 0 Å². The smallest absolute Gasteiger partial charge is 0.326 e. The van der Waals surface area contributed by atoms with Crippen molar-refractivity contribution in [3.8, 4) is 0 Å². The summed E-state index contributed by atoms with van der Waals surface area (Å²) in [5.41, 5.74) is 0.262. The predicted molar refractivity (Wildman–Crippen MR) is 65.7 cm³/mol. The van der Waals surface area contributed by atoms with Crippen molar-refractivity contribution in [3.05, 3.63) is 33.8 Å². The average molecular weight is 276 g/mol. The van der Waals surface area contributed by atoms with Gasteiger partial charge in [-0.05, 0) is 25.1 Å². The van der Waals surface area contributed by atoms with Crippen molar-refractivity contribution in [3.63, 3.8) is 0 Å². The van der Waals surface area contributed by atoms with Crippen LogP contribution in [0.5, 0.6) is 0 Å². The van der Waals surface area contributed by atoms with E-state index in [0.717, 1.165) is 4.90 Å². The summed E-state index contributed by atoms with van der Waals surface area (Å²) >= 11 is 11.5. The van der Waals surface area contributed by atoms with E-state index < -0.39 is 17.9 Å². The van der Waals surface area contributed by atoms with Crippen molar-refractivity contribution in [2.24, 2.45) is 0 Å². The molecule has 0 bridgehead atoms. The van der Waals surface area contributed by atoms with Crippen LogP contribution in [0.15, 0.2) is 18.2 Å². The number of carboxylic acids is 1. The molecule has 1 aromatic carbocycles. The first-order valence-corrected chi connectivity index (χ1v) is 5.54. The molecular weight excluding hydrogens is 265 g/mol. The van der Waals surface area contributed by atoms with Gasteiger partial charge in [-0.25, -0.2) is 4.79 Å². The minimum Gasteiger partial charge on any atom is -0.480 e. The Morgan fingerprint density at radius 3 is 2.12 bits per heavy atom. The maximum Gasteiger partial charge on any atom is 0.326 e. The SMILES string of the molecule is CC(C(=O)O)N(C)C(=O)c1cc(Cl)cc(Cl)c1. The van der Waals surface area contributed by atoms with Crippen molar-refractivity contribution < 1.29 is 14.7 Å². The number of hydrogen-bond donors (Lipinski definition) is 1. The first-order valence-electron chi connectivity index (χ1n) is 4.79. The molecule has 4 nitrogen and oxygen atoms in total. The number of hydrogen-bond acceptors (Lipinski definition) is 2. The topological polar surface area (TPSA) is 57.6 Å². The van der Waals surface area contributed by atoms with E-state index in [4.69, 9.17) is 28.3 Å². The molecule has 92 valence electrons. The van der Waals surface area contributed by atoms with Crippen LogP contribution in [0.4, 0.5) is 0 Å². The van der Waals surface area contributed by atoms with Crippen LogP contribution >= 0.6 is 23.2 Å². The van der Waals surface area contributed by atoms with Gasteiger partial charge in [0.25, 0.3) is 5.91 Å². The van der Waals surface area contributed by atoms with Crippen molar-refractivity contribution in [2.75, 3.05) is 7.05 Å². The van der Waals surface area contributed by atoms with Gasteiger partial charge in [-0.2, -0.15) is 0 Å². The number of halogens is 2. The first-order chi connectivity index (χ1) is 7.82. The number of likely N-dealkylation sites (N-methyl/N-ethyl adjacent to an activating group) is 1. The highest BCUT2D eigenvalue weighted by atomic mass is 35.5. The second-order valence-electron chi connectivity index (χ2n) is 3.59. The third kappa shape index (κ3) is 3.35. The van der Waals surface area contributed by atoms with Crippen molar-refractivity contribution in [1.82, 2.24) is 4.90 Å². The van der Waals surface area contributed by atoms with E-state index >= 15 is 0 Å². The number of nitrogens with zero attached hydrogens (tertiary/aromatic N) is 1. The van der Waals surface area contributed by atoms with E-state index in [9.17, 15) is 9.59 Å². The summed E-state index contributed by atoms with van der Waals surface area (Å²) in [6.45, 7) is 1.42. The highest BCUT2D eigenvalue weighted by Crippen LogP contribution is 2.20. The predicted octanol–water partition coefficient (Wildman–Crippen LogP) is 2.54. The standard InChI is InChI=1S/C11H11Cl2NO3/c1-6(11(16)17)14(2)10(15)7-3-8(12)5-9(13)4-7/h3-6H,1-2H3,(H,16,17). The van der Waals surface area contributed by atoms with Gasteiger partial charge in [-0.1, -0.05) is 23.2 Å². The molecule has 0 aromatic heterocycles. The van der Waals surface area contributed by atoms with Gasteiger partial charge in [0.1, 0.15) is 6.04 Å². The maximum absolute atomic E-state index is 11.9. The quantitative estimate of drug-likeness (QED) is 0.922. The highest BCUT2D eigenvalue weighted by Gasteiger charge is 2.23. The molecule has 6 heteroatoms. The van der Waals surface area contributed by atoms with Crippen LogP contribution < -0.4 is 0 Å². The third-order valence-electron chi connectivity index (χ3n) is 2.37. The summed E-state index contributed by atoms with van der Waals surface area (Å²) in [4.78, 5) is 23.8. The number of rotatable bonds is 3.